The molecule has 0 bridgehead atoms. The topological polar surface area (TPSA) is 42.4 Å². The van der Waals surface area contributed by atoms with Crippen molar-refractivity contribution in [3.63, 3.8) is 0 Å². The lowest BCUT2D eigenvalue weighted by molar-refractivity contribution is 0.253. The minimum absolute atomic E-state index is 0.255. The third-order valence-electron chi connectivity index (χ3n) is 2.30. The van der Waals surface area contributed by atoms with E-state index in [9.17, 15) is 4.39 Å². The number of hydrogen-bond acceptors (Lipinski definition) is 3. The van der Waals surface area contributed by atoms with Crippen LogP contribution in [0.3, 0.4) is 0 Å². The quantitative estimate of drug-likeness (QED) is 0.728. The third kappa shape index (κ3) is 4.14. The molecule has 4 heteroatoms. The number of rotatable bonds is 7. The van der Waals surface area contributed by atoms with Crippen LogP contribution in [-0.2, 0) is 6.61 Å². The average Bonchev–Trinajstić information content (AvgIpc) is 2.30. The van der Waals surface area contributed by atoms with Crippen molar-refractivity contribution in [3.8, 4) is 5.88 Å². The van der Waals surface area contributed by atoms with Gasteiger partial charge in [-0.1, -0.05) is 26.2 Å². The van der Waals surface area contributed by atoms with E-state index in [0.29, 0.717) is 18.1 Å². The average molecular weight is 227 g/mol. The lowest BCUT2D eigenvalue weighted by Crippen LogP contribution is -2.03. The Balaban J connectivity index is 2.41. The predicted molar refractivity (Wildman–Crippen MR) is 59.8 cm³/mol. The molecule has 0 radical (unpaired) electrons. The first-order valence-corrected chi connectivity index (χ1v) is 5.66. The van der Waals surface area contributed by atoms with Crippen molar-refractivity contribution >= 4 is 0 Å². The number of pyridine rings is 1. The van der Waals surface area contributed by atoms with Crippen LogP contribution in [0.1, 0.15) is 38.2 Å². The third-order valence-corrected chi connectivity index (χ3v) is 2.30. The van der Waals surface area contributed by atoms with Gasteiger partial charge in [0.2, 0.25) is 5.88 Å². The van der Waals surface area contributed by atoms with Gasteiger partial charge in [-0.05, 0) is 12.5 Å². The summed E-state index contributed by atoms with van der Waals surface area (Å²) in [6.45, 7) is 2.45. The van der Waals surface area contributed by atoms with Crippen LogP contribution in [0.15, 0.2) is 12.3 Å². The van der Waals surface area contributed by atoms with Crippen molar-refractivity contribution in [2.45, 2.75) is 39.2 Å². The molecule has 16 heavy (non-hydrogen) atoms. The number of aliphatic hydroxyl groups excluding tert-OH is 1. The molecule has 1 heterocycles. The fourth-order valence-corrected chi connectivity index (χ4v) is 1.41. The van der Waals surface area contributed by atoms with E-state index in [1.54, 1.807) is 0 Å². The second-order valence-corrected chi connectivity index (χ2v) is 3.69. The summed E-state index contributed by atoms with van der Waals surface area (Å²) < 4.78 is 18.2. The molecule has 0 spiro atoms. The minimum Gasteiger partial charge on any atom is -0.477 e. The SMILES string of the molecule is CCCCCCOc1ncc(F)cc1CO. The number of halogens is 1. The van der Waals surface area contributed by atoms with Crippen LogP contribution in [0.25, 0.3) is 0 Å². The summed E-state index contributed by atoms with van der Waals surface area (Å²) in [5.41, 5.74) is 0.399. The second kappa shape index (κ2) is 7.17. The maximum atomic E-state index is 12.8. The Morgan fingerprint density at radius 1 is 1.38 bits per heavy atom. The number of hydrogen-bond donors (Lipinski definition) is 1. The molecule has 3 nitrogen and oxygen atoms in total. The molecule has 0 aliphatic heterocycles. The van der Waals surface area contributed by atoms with Crippen LogP contribution < -0.4 is 4.74 Å². The highest BCUT2D eigenvalue weighted by Gasteiger charge is 2.05. The molecule has 0 fully saturated rings. The summed E-state index contributed by atoms with van der Waals surface area (Å²) in [4.78, 5) is 3.81. The monoisotopic (exact) mass is 227 g/mol. The van der Waals surface area contributed by atoms with Crippen LogP contribution in [0.4, 0.5) is 4.39 Å². The van der Waals surface area contributed by atoms with Crippen LogP contribution in [0, 0.1) is 5.82 Å². The maximum Gasteiger partial charge on any atom is 0.219 e. The van der Waals surface area contributed by atoms with Gasteiger partial charge in [-0.15, -0.1) is 0 Å². The van der Waals surface area contributed by atoms with Gasteiger partial charge < -0.3 is 9.84 Å². The van der Waals surface area contributed by atoms with E-state index < -0.39 is 5.82 Å². The fourth-order valence-electron chi connectivity index (χ4n) is 1.41. The standard InChI is InChI=1S/C12H18FNO2/c1-2-3-4-5-6-16-12-10(9-15)7-11(13)8-14-12/h7-8,15H,2-6,9H2,1H3. The van der Waals surface area contributed by atoms with Gasteiger partial charge >= 0.3 is 0 Å². The Hall–Kier alpha value is -1.16. The smallest absolute Gasteiger partial charge is 0.219 e. The van der Waals surface area contributed by atoms with Crippen molar-refractivity contribution in [1.82, 2.24) is 4.98 Å². The molecule has 0 unspecified atom stereocenters. The van der Waals surface area contributed by atoms with Gasteiger partial charge in [0.05, 0.1) is 19.4 Å². The zero-order valence-corrected chi connectivity index (χ0v) is 9.58. The Labute approximate surface area is 95.3 Å². The molecule has 0 aromatic carbocycles. The zero-order chi connectivity index (χ0) is 11.8. The van der Waals surface area contributed by atoms with E-state index in [1.807, 2.05) is 0 Å². The molecular weight excluding hydrogens is 209 g/mol. The molecule has 0 aliphatic rings. The molecule has 0 amide bonds. The van der Waals surface area contributed by atoms with Gasteiger partial charge in [0.15, 0.2) is 0 Å². The van der Waals surface area contributed by atoms with Gasteiger partial charge in [0, 0.05) is 5.56 Å². The summed E-state index contributed by atoms with van der Waals surface area (Å²) in [5.74, 6) is -0.122. The highest BCUT2D eigenvalue weighted by Crippen LogP contribution is 2.16. The van der Waals surface area contributed by atoms with Crippen LogP contribution >= 0.6 is 0 Å². The Morgan fingerprint density at radius 3 is 2.88 bits per heavy atom. The van der Waals surface area contributed by atoms with E-state index in [4.69, 9.17) is 9.84 Å². The molecular formula is C12H18FNO2. The number of ether oxygens (including phenoxy) is 1. The van der Waals surface area contributed by atoms with Crippen LogP contribution in [0.2, 0.25) is 0 Å². The molecule has 0 atom stereocenters. The Morgan fingerprint density at radius 2 is 2.19 bits per heavy atom. The van der Waals surface area contributed by atoms with Crippen molar-refractivity contribution in [3.05, 3.63) is 23.6 Å². The predicted octanol–water partition coefficient (Wildman–Crippen LogP) is 2.67. The van der Waals surface area contributed by atoms with Gasteiger partial charge in [-0.3, -0.25) is 0 Å². The first-order valence-electron chi connectivity index (χ1n) is 5.66. The van der Waals surface area contributed by atoms with Crippen LogP contribution in [0.5, 0.6) is 5.88 Å². The molecule has 1 aromatic rings. The number of aromatic nitrogens is 1. The molecule has 1 aromatic heterocycles. The van der Waals surface area contributed by atoms with Crippen LogP contribution in [-0.4, -0.2) is 16.7 Å². The summed E-state index contributed by atoms with van der Waals surface area (Å²) in [7, 11) is 0. The first kappa shape index (κ1) is 12.9. The van der Waals surface area contributed by atoms with Gasteiger partial charge in [-0.25, -0.2) is 9.37 Å². The fraction of sp³-hybridized carbons (Fsp3) is 0.583. The van der Waals surface area contributed by atoms with Crippen molar-refractivity contribution in [2.75, 3.05) is 6.61 Å². The molecule has 0 aliphatic carbocycles. The van der Waals surface area contributed by atoms with E-state index >= 15 is 0 Å². The summed E-state index contributed by atoms with van der Waals surface area (Å²) in [5, 5.41) is 9.00. The number of nitrogens with zero attached hydrogens (tertiary/aromatic N) is 1. The summed E-state index contributed by atoms with van der Waals surface area (Å²) in [6.07, 6.45) is 5.54. The Bertz CT molecular complexity index is 318. The second-order valence-electron chi connectivity index (χ2n) is 3.69. The summed E-state index contributed by atoms with van der Waals surface area (Å²) in [6, 6.07) is 1.24. The van der Waals surface area contributed by atoms with Crippen molar-refractivity contribution in [2.24, 2.45) is 0 Å². The highest BCUT2D eigenvalue weighted by molar-refractivity contribution is 5.25. The van der Waals surface area contributed by atoms with Gasteiger partial charge in [0.1, 0.15) is 5.82 Å². The first-order chi connectivity index (χ1) is 7.77. The number of unbranched alkanes of at least 4 members (excludes halogenated alkanes) is 3. The van der Waals surface area contributed by atoms with Gasteiger partial charge in [-0.2, -0.15) is 0 Å². The van der Waals surface area contributed by atoms with Crippen molar-refractivity contribution in [1.29, 1.82) is 0 Å². The van der Waals surface area contributed by atoms with E-state index in [2.05, 4.69) is 11.9 Å². The summed E-state index contributed by atoms with van der Waals surface area (Å²) >= 11 is 0. The molecule has 90 valence electrons. The normalized spacial score (nSPS) is 10.4. The Kier molecular flexibility index (Phi) is 5.78. The van der Waals surface area contributed by atoms with E-state index in [-0.39, 0.29) is 6.61 Å². The minimum atomic E-state index is -0.456. The van der Waals surface area contributed by atoms with Gasteiger partial charge in [0.25, 0.3) is 0 Å². The molecule has 0 saturated carbocycles. The number of aliphatic hydroxyl groups is 1. The van der Waals surface area contributed by atoms with Crippen molar-refractivity contribution < 1.29 is 14.2 Å². The lowest BCUT2D eigenvalue weighted by Gasteiger charge is -2.08. The zero-order valence-electron chi connectivity index (χ0n) is 9.58. The largest absolute Gasteiger partial charge is 0.477 e. The molecule has 0 saturated heterocycles. The molecule has 1 rings (SSSR count). The highest BCUT2D eigenvalue weighted by atomic mass is 19.1. The molecule has 1 N–H and O–H groups in total. The lowest BCUT2D eigenvalue weighted by atomic mass is 10.2. The van der Waals surface area contributed by atoms with E-state index in [0.717, 1.165) is 19.0 Å². The maximum absolute atomic E-state index is 12.8. The van der Waals surface area contributed by atoms with E-state index in [1.165, 1.54) is 18.9 Å².